The van der Waals surface area contributed by atoms with Crippen LogP contribution < -0.4 is 5.32 Å². The summed E-state index contributed by atoms with van der Waals surface area (Å²) in [5, 5.41) is 3.98. The Morgan fingerprint density at radius 2 is 1.97 bits per heavy atom. The maximum atomic E-state index is 13.4. The van der Waals surface area contributed by atoms with E-state index in [1.165, 1.54) is 12.1 Å². The number of furan rings is 1. The monoisotopic (exact) mass is 391 g/mol. The maximum absolute atomic E-state index is 13.4. The molecule has 0 saturated heterocycles. The Morgan fingerprint density at radius 3 is 2.66 bits per heavy atom. The van der Waals surface area contributed by atoms with Crippen LogP contribution in [0.5, 0.6) is 0 Å². The van der Waals surface area contributed by atoms with Gasteiger partial charge >= 0.3 is 0 Å². The van der Waals surface area contributed by atoms with Gasteiger partial charge in [-0.3, -0.25) is 4.79 Å². The summed E-state index contributed by atoms with van der Waals surface area (Å²) in [7, 11) is 1.86. The Kier molecular flexibility index (Phi) is 4.92. The number of aryl methyl sites for hydroxylation is 3. The van der Waals surface area contributed by atoms with Gasteiger partial charge in [-0.25, -0.2) is 9.37 Å². The number of aromatic nitrogens is 2. The molecule has 4 rings (SSSR count). The molecule has 0 radical (unpaired) electrons. The molecule has 0 saturated carbocycles. The molecule has 148 valence electrons. The minimum Gasteiger partial charge on any atom is -0.464 e. The standard InChI is InChI=1S/C23H22FN3O2/c1-14-4-9-19-17(13-29-22(19)15(14)2)12-20(28)26-21(23-25-10-11-27(23)3)16-5-7-18(24)8-6-16/h4-11,13,21H,12H2,1-3H3,(H,26,28). The third-order valence-corrected chi connectivity index (χ3v) is 5.32. The van der Waals surface area contributed by atoms with Crippen molar-refractivity contribution in [2.24, 2.45) is 7.05 Å². The Labute approximate surface area is 168 Å². The molecular weight excluding hydrogens is 369 g/mol. The van der Waals surface area contributed by atoms with Crippen molar-refractivity contribution in [2.75, 3.05) is 0 Å². The Balaban J connectivity index is 1.61. The van der Waals surface area contributed by atoms with Crippen molar-refractivity contribution in [3.63, 3.8) is 0 Å². The zero-order chi connectivity index (χ0) is 20.5. The van der Waals surface area contributed by atoms with Gasteiger partial charge in [0.05, 0.1) is 12.7 Å². The van der Waals surface area contributed by atoms with Crippen molar-refractivity contribution in [1.29, 1.82) is 0 Å². The fourth-order valence-electron chi connectivity index (χ4n) is 3.52. The van der Waals surface area contributed by atoms with Gasteiger partial charge in [0.15, 0.2) is 0 Å². The van der Waals surface area contributed by atoms with Crippen molar-refractivity contribution in [3.05, 3.63) is 89.0 Å². The first-order chi connectivity index (χ1) is 13.9. The Morgan fingerprint density at radius 1 is 1.21 bits per heavy atom. The largest absolute Gasteiger partial charge is 0.464 e. The lowest BCUT2D eigenvalue weighted by molar-refractivity contribution is -0.121. The summed E-state index contributed by atoms with van der Waals surface area (Å²) in [5.74, 6) is 0.186. The lowest BCUT2D eigenvalue weighted by Crippen LogP contribution is -2.32. The summed E-state index contributed by atoms with van der Waals surface area (Å²) >= 11 is 0. The van der Waals surface area contributed by atoms with E-state index < -0.39 is 6.04 Å². The number of halogens is 1. The average Bonchev–Trinajstić information content (AvgIpc) is 3.30. The maximum Gasteiger partial charge on any atom is 0.225 e. The number of hydrogen-bond acceptors (Lipinski definition) is 3. The molecule has 0 aliphatic carbocycles. The summed E-state index contributed by atoms with van der Waals surface area (Å²) in [6.45, 7) is 4.04. The third kappa shape index (κ3) is 3.66. The number of nitrogens with one attached hydrogen (secondary N) is 1. The van der Waals surface area contributed by atoms with E-state index in [0.717, 1.165) is 33.2 Å². The van der Waals surface area contributed by atoms with E-state index >= 15 is 0 Å². The molecule has 0 aliphatic heterocycles. The highest BCUT2D eigenvalue weighted by molar-refractivity contribution is 5.89. The van der Waals surface area contributed by atoms with Crippen molar-refractivity contribution < 1.29 is 13.6 Å². The van der Waals surface area contributed by atoms with Crippen LogP contribution in [0.25, 0.3) is 11.0 Å². The van der Waals surface area contributed by atoms with E-state index in [4.69, 9.17) is 4.42 Å². The fraction of sp³-hybridized carbons (Fsp3) is 0.217. The molecule has 0 aliphatic rings. The smallest absolute Gasteiger partial charge is 0.225 e. The highest BCUT2D eigenvalue weighted by atomic mass is 19.1. The molecule has 1 unspecified atom stereocenters. The molecule has 1 atom stereocenters. The minimum absolute atomic E-state index is 0.164. The lowest BCUT2D eigenvalue weighted by Gasteiger charge is -2.19. The van der Waals surface area contributed by atoms with E-state index in [1.54, 1.807) is 24.6 Å². The number of nitrogens with zero attached hydrogens (tertiary/aromatic N) is 2. The van der Waals surface area contributed by atoms with Crippen molar-refractivity contribution in [1.82, 2.24) is 14.9 Å². The highest BCUT2D eigenvalue weighted by Gasteiger charge is 2.22. The van der Waals surface area contributed by atoms with Gasteiger partial charge in [0.2, 0.25) is 5.91 Å². The van der Waals surface area contributed by atoms with Crippen molar-refractivity contribution in [2.45, 2.75) is 26.3 Å². The molecule has 6 heteroatoms. The molecule has 1 amide bonds. The Bertz CT molecular complexity index is 1170. The lowest BCUT2D eigenvalue weighted by atomic mass is 10.0. The molecular formula is C23H22FN3O2. The fourth-order valence-corrected chi connectivity index (χ4v) is 3.52. The topological polar surface area (TPSA) is 60.1 Å². The van der Waals surface area contributed by atoms with Crippen LogP contribution in [0.4, 0.5) is 4.39 Å². The number of benzene rings is 2. The number of rotatable bonds is 5. The molecule has 0 bridgehead atoms. The van der Waals surface area contributed by atoms with Gasteiger partial charge in [0.1, 0.15) is 23.3 Å². The van der Waals surface area contributed by atoms with Gasteiger partial charge in [0, 0.05) is 30.4 Å². The van der Waals surface area contributed by atoms with Crippen LogP contribution in [0.1, 0.15) is 34.1 Å². The number of carbonyl (C=O) groups is 1. The molecule has 1 N–H and O–H groups in total. The molecule has 5 nitrogen and oxygen atoms in total. The van der Waals surface area contributed by atoms with Crippen molar-refractivity contribution >= 4 is 16.9 Å². The van der Waals surface area contributed by atoms with Gasteiger partial charge in [-0.15, -0.1) is 0 Å². The van der Waals surface area contributed by atoms with Gasteiger partial charge in [0.25, 0.3) is 0 Å². The van der Waals surface area contributed by atoms with E-state index in [2.05, 4.69) is 10.3 Å². The summed E-state index contributed by atoms with van der Waals surface area (Å²) in [4.78, 5) is 17.3. The molecule has 29 heavy (non-hydrogen) atoms. The van der Waals surface area contributed by atoms with Gasteiger partial charge in [-0.1, -0.05) is 24.3 Å². The van der Waals surface area contributed by atoms with Crippen LogP contribution in [0.15, 0.2) is 59.5 Å². The molecule has 2 aromatic heterocycles. The zero-order valence-corrected chi connectivity index (χ0v) is 16.6. The summed E-state index contributed by atoms with van der Waals surface area (Å²) in [6.07, 6.45) is 5.31. The molecule has 2 aromatic carbocycles. The first kappa shape index (κ1) is 18.9. The van der Waals surface area contributed by atoms with Gasteiger partial charge in [-0.2, -0.15) is 0 Å². The SMILES string of the molecule is Cc1ccc2c(CC(=O)NC(c3ccc(F)cc3)c3nccn3C)coc2c1C. The first-order valence-corrected chi connectivity index (χ1v) is 9.42. The Hall–Kier alpha value is -3.41. The summed E-state index contributed by atoms with van der Waals surface area (Å²) in [6, 6.07) is 9.62. The third-order valence-electron chi connectivity index (χ3n) is 5.32. The second kappa shape index (κ2) is 7.54. The normalized spacial score (nSPS) is 12.3. The second-order valence-corrected chi connectivity index (χ2v) is 7.27. The molecule has 2 heterocycles. The summed E-state index contributed by atoms with van der Waals surface area (Å²) in [5.41, 5.74) is 4.63. The van der Waals surface area contributed by atoms with E-state index in [9.17, 15) is 9.18 Å². The first-order valence-electron chi connectivity index (χ1n) is 9.42. The number of imidazole rings is 1. The average molecular weight is 391 g/mol. The number of amides is 1. The van der Waals surface area contributed by atoms with Crippen LogP contribution in [-0.2, 0) is 18.3 Å². The van der Waals surface area contributed by atoms with Crippen LogP contribution in [0.2, 0.25) is 0 Å². The van der Waals surface area contributed by atoms with E-state index in [-0.39, 0.29) is 18.1 Å². The highest BCUT2D eigenvalue weighted by Crippen LogP contribution is 2.27. The van der Waals surface area contributed by atoms with E-state index in [1.807, 2.05) is 43.8 Å². The van der Waals surface area contributed by atoms with Gasteiger partial charge < -0.3 is 14.3 Å². The predicted molar refractivity (Wildman–Crippen MR) is 109 cm³/mol. The molecule has 0 spiro atoms. The number of hydrogen-bond donors (Lipinski definition) is 1. The van der Waals surface area contributed by atoms with Crippen LogP contribution >= 0.6 is 0 Å². The number of carbonyl (C=O) groups excluding carboxylic acids is 1. The van der Waals surface area contributed by atoms with Crippen LogP contribution in [0.3, 0.4) is 0 Å². The molecule has 0 fully saturated rings. The van der Waals surface area contributed by atoms with Crippen LogP contribution in [0, 0.1) is 19.7 Å². The predicted octanol–water partition coefficient (Wildman–Crippen LogP) is 4.37. The molecule has 4 aromatic rings. The quantitative estimate of drug-likeness (QED) is 0.550. The number of fused-ring (bicyclic) bond motifs is 1. The summed E-state index contributed by atoms with van der Waals surface area (Å²) < 4.78 is 20.9. The zero-order valence-electron chi connectivity index (χ0n) is 16.6. The van der Waals surface area contributed by atoms with Gasteiger partial charge in [-0.05, 0) is 42.7 Å². The second-order valence-electron chi connectivity index (χ2n) is 7.27. The van der Waals surface area contributed by atoms with Crippen molar-refractivity contribution in [3.8, 4) is 0 Å². The van der Waals surface area contributed by atoms with E-state index in [0.29, 0.717) is 5.82 Å². The minimum atomic E-state index is -0.481. The van der Waals surface area contributed by atoms with Crippen LogP contribution in [-0.4, -0.2) is 15.5 Å².